The predicted molar refractivity (Wildman–Crippen MR) is 114 cm³/mol. The van der Waals surface area contributed by atoms with Gasteiger partial charge in [0.2, 0.25) is 0 Å². The molecule has 4 nitrogen and oxygen atoms in total. The van der Waals surface area contributed by atoms with Crippen LogP contribution in [0.5, 0.6) is 0 Å². The maximum atomic E-state index is 9.42. The van der Waals surface area contributed by atoms with E-state index in [1.54, 1.807) is 0 Å². The van der Waals surface area contributed by atoms with Crippen molar-refractivity contribution in [3.05, 3.63) is 60.2 Å². The van der Waals surface area contributed by atoms with E-state index in [0.29, 0.717) is 12.1 Å². The molecule has 0 saturated carbocycles. The number of hydrogen-bond donors (Lipinski definition) is 1. The Morgan fingerprint density at radius 3 is 2.30 bits per heavy atom. The molecule has 0 amide bonds. The SMILES string of the molecule is CC(C)N1CCN(Cc2ccc(N(C)c3ccccc3)cc2)C[C@@H]1CCO. The molecule has 27 heavy (non-hydrogen) atoms. The summed E-state index contributed by atoms with van der Waals surface area (Å²) < 4.78 is 0. The van der Waals surface area contributed by atoms with Crippen LogP contribution in [0.4, 0.5) is 11.4 Å². The largest absolute Gasteiger partial charge is 0.396 e. The van der Waals surface area contributed by atoms with Gasteiger partial charge in [0, 0.05) is 63.3 Å². The van der Waals surface area contributed by atoms with Crippen molar-refractivity contribution >= 4 is 11.4 Å². The second-order valence-electron chi connectivity index (χ2n) is 7.79. The number of nitrogens with zero attached hydrogens (tertiary/aromatic N) is 3. The van der Waals surface area contributed by atoms with Crippen LogP contribution in [0.15, 0.2) is 54.6 Å². The summed E-state index contributed by atoms with van der Waals surface area (Å²) in [5.74, 6) is 0. The Morgan fingerprint density at radius 1 is 1.00 bits per heavy atom. The van der Waals surface area contributed by atoms with Gasteiger partial charge in [-0.15, -0.1) is 0 Å². The highest BCUT2D eigenvalue weighted by Gasteiger charge is 2.28. The minimum absolute atomic E-state index is 0.266. The number of benzene rings is 2. The normalized spacial score (nSPS) is 18.8. The minimum Gasteiger partial charge on any atom is -0.396 e. The maximum absolute atomic E-state index is 9.42. The van der Waals surface area contributed by atoms with Crippen molar-refractivity contribution in [2.24, 2.45) is 0 Å². The van der Waals surface area contributed by atoms with Crippen LogP contribution in [-0.4, -0.2) is 60.3 Å². The van der Waals surface area contributed by atoms with Crippen molar-refractivity contribution in [3.8, 4) is 0 Å². The van der Waals surface area contributed by atoms with Gasteiger partial charge in [-0.05, 0) is 50.1 Å². The Balaban J connectivity index is 1.61. The summed E-state index contributed by atoms with van der Waals surface area (Å²) in [6.07, 6.45) is 0.857. The lowest BCUT2D eigenvalue weighted by Gasteiger charge is -2.43. The number of aliphatic hydroxyl groups is 1. The summed E-state index contributed by atoms with van der Waals surface area (Å²) in [4.78, 5) is 7.27. The molecule has 1 fully saturated rings. The van der Waals surface area contributed by atoms with E-state index in [4.69, 9.17) is 0 Å². The van der Waals surface area contributed by atoms with Gasteiger partial charge in [-0.3, -0.25) is 9.80 Å². The molecule has 2 aromatic rings. The highest BCUT2D eigenvalue weighted by atomic mass is 16.3. The molecule has 0 unspecified atom stereocenters. The van der Waals surface area contributed by atoms with Gasteiger partial charge in [-0.1, -0.05) is 30.3 Å². The summed E-state index contributed by atoms with van der Waals surface area (Å²) >= 11 is 0. The quantitative estimate of drug-likeness (QED) is 0.808. The van der Waals surface area contributed by atoms with Crippen LogP contribution in [0.1, 0.15) is 25.8 Å². The maximum Gasteiger partial charge on any atom is 0.0446 e. The number of hydrogen-bond acceptors (Lipinski definition) is 4. The minimum atomic E-state index is 0.266. The lowest BCUT2D eigenvalue weighted by molar-refractivity contribution is 0.0349. The van der Waals surface area contributed by atoms with Crippen molar-refractivity contribution in [3.63, 3.8) is 0 Å². The van der Waals surface area contributed by atoms with Crippen LogP contribution in [0.25, 0.3) is 0 Å². The third-order valence-corrected chi connectivity index (χ3v) is 5.61. The first-order chi connectivity index (χ1) is 13.1. The second-order valence-corrected chi connectivity index (χ2v) is 7.79. The number of piperazine rings is 1. The van der Waals surface area contributed by atoms with Gasteiger partial charge in [-0.2, -0.15) is 0 Å². The van der Waals surface area contributed by atoms with Crippen molar-refractivity contribution in [2.45, 2.75) is 38.9 Å². The zero-order valence-electron chi connectivity index (χ0n) is 16.9. The van der Waals surface area contributed by atoms with Gasteiger partial charge in [0.1, 0.15) is 0 Å². The summed E-state index contributed by atoms with van der Waals surface area (Å²) in [6, 6.07) is 20.3. The van der Waals surface area contributed by atoms with Crippen LogP contribution < -0.4 is 4.90 Å². The van der Waals surface area contributed by atoms with Gasteiger partial charge in [0.25, 0.3) is 0 Å². The average Bonchev–Trinajstić information content (AvgIpc) is 2.69. The van der Waals surface area contributed by atoms with Crippen molar-refractivity contribution in [1.29, 1.82) is 0 Å². The molecule has 4 heteroatoms. The lowest BCUT2D eigenvalue weighted by atomic mass is 10.1. The third-order valence-electron chi connectivity index (χ3n) is 5.61. The highest BCUT2D eigenvalue weighted by molar-refractivity contribution is 5.62. The van der Waals surface area contributed by atoms with Gasteiger partial charge in [0.05, 0.1) is 0 Å². The summed E-state index contributed by atoms with van der Waals surface area (Å²) in [7, 11) is 2.11. The van der Waals surface area contributed by atoms with Crippen molar-refractivity contribution in [2.75, 3.05) is 38.2 Å². The van der Waals surface area contributed by atoms with E-state index in [-0.39, 0.29) is 6.61 Å². The monoisotopic (exact) mass is 367 g/mol. The molecule has 146 valence electrons. The van der Waals surface area contributed by atoms with E-state index in [1.807, 2.05) is 6.07 Å². The number of para-hydroxylation sites is 1. The van der Waals surface area contributed by atoms with Gasteiger partial charge >= 0.3 is 0 Å². The zero-order valence-corrected chi connectivity index (χ0v) is 16.9. The third kappa shape index (κ3) is 5.10. The molecule has 0 aromatic heterocycles. The van der Waals surface area contributed by atoms with Crippen LogP contribution in [0.2, 0.25) is 0 Å². The summed E-state index contributed by atoms with van der Waals surface area (Å²) in [6.45, 7) is 8.95. The van der Waals surface area contributed by atoms with E-state index in [2.05, 4.69) is 84.1 Å². The second kappa shape index (κ2) is 9.36. The predicted octanol–water partition coefficient (Wildman–Crippen LogP) is 3.73. The Hall–Kier alpha value is -1.88. The molecular formula is C23H33N3O. The van der Waals surface area contributed by atoms with Crippen LogP contribution in [0.3, 0.4) is 0 Å². The summed E-state index contributed by atoms with van der Waals surface area (Å²) in [5, 5.41) is 9.42. The Labute approximate surface area is 164 Å². The van der Waals surface area contributed by atoms with E-state index in [1.165, 1.54) is 16.9 Å². The smallest absolute Gasteiger partial charge is 0.0446 e. The van der Waals surface area contributed by atoms with E-state index < -0.39 is 0 Å². The fourth-order valence-electron chi connectivity index (χ4n) is 4.05. The van der Waals surface area contributed by atoms with Crippen molar-refractivity contribution < 1.29 is 5.11 Å². The molecule has 1 saturated heterocycles. The Morgan fingerprint density at radius 2 is 1.67 bits per heavy atom. The molecule has 2 aromatic carbocycles. The van der Waals surface area contributed by atoms with Crippen LogP contribution in [-0.2, 0) is 6.54 Å². The van der Waals surface area contributed by atoms with Crippen LogP contribution in [0, 0.1) is 0 Å². The number of anilines is 2. The standard InChI is InChI=1S/C23H33N3O/c1-19(2)26-15-14-25(18-23(26)13-16-27)17-20-9-11-22(12-10-20)24(3)21-7-5-4-6-8-21/h4-12,19,23,27H,13-18H2,1-3H3/t23-/m0/s1. The first-order valence-corrected chi connectivity index (χ1v) is 10.0. The molecule has 1 aliphatic heterocycles. The lowest BCUT2D eigenvalue weighted by Crippen LogP contribution is -2.55. The molecule has 1 aliphatic rings. The molecule has 0 bridgehead atoms. The molecule has 3 rings (SSSR count). The van der Waals surface area contributed by atoms with Gasteiger partial charge in [-0.25, -0.2) is 0 Å². The molecule has 0 spiro atoms. The van der Waals surface area contributed by atoms with Crippen molar-refractivity contribution in [1.82, 2.24) is 9.80 Å². The first-order valence-electron chi connectivity index (χ1n) is 10.0. The average molecular weight is 368 g/mol. The molecule has 0 aliphatic carbocycles. The van der Waals surface area contributed by atoms with E-state index in [0.717, 1.165) is 32.6 Å². The Kier molecular flexibility index (Phi) is 6.89. The Bertz CT molecular complexity index is 687. The molecular weight excluding hydrogens is 334 g/mol. The summed E-state index contributed by atoms with van der Waals surface area (Å²) in [5.41, 5.74) is 3.75. The fraction of sp³-hybridized carbons (Fsp3) is 0.478. The fourth-order valence-corrected chi connectivity index (χ4v) is 4.05. The molecule has 1 N–H and O–H groups in total. The molecule has 1 atom stereocenters. The zero-order chi connectivity index (χ0) is 19.2. The topological polar surface area (TPSA) is 30.0 Å². The van der Waals surface area contributed by atoms with Gasteiger partial charge < -0.3 is 10.0 Å². The number of aliphatic hydroxyl groups excluding tert-OH is 1. The molecule has 1 heterocycles. The van der Waals surface area contributed by atoms with E-state index >= 15 is 0 Å². The first kappa shape index (κ1) is 19.9. The van der Waals surface area contributed by atoms with E-state index in [9.17, 15) is 5.11 Å². The van der Waals surface area contributed by atoms with Crippen LogP contribution >= 0.6 is 0 Å². The molecule has 0 radical (unpaired) electrons. The van der Waals surface area contributed by atoms with Gasteiger partial charge in [0.15, 0.2) is 0 Å². The number of rotatable bonds is 7. The highest BCUT2D eigenvalue weighted by Crippen LogP contribution is 2.24.